The normalized spacial score (nSPS) is 18.7. The quantitative estimate of drug-likeness (QED) is 0.790. The van der Waals surface area contributed by atoms with Crippen LogP contribution in [0.1, 0.15) is 30.4 Å². The van der Waals surface area contributed by atoms with Crippen molar-refractivity contribution in [2.45, 2.75) is 37.8 Å². The average Bonchev–Trinajstić information content (AvgIpc) is 2.99. The Labute approximate surface area is 169 Å². The predicted molar refractivity (Wildman–Crippen MR) is 106 cm³/mol. The Hall–Kier alpha value is -2.37. The van der Waals surface area contributed by atoms with Gasteiger partial charge < -0.3 is 4.90 Å². The van der Waals surface area contributed by atoms with Gasteiger partial charge in [0.15, 0.2) is 0 Å². The molecule has 0 atom stereocenters. The number of carbonyl (C=O) groups excluding carboxylic acids is 2. The molecule has 0 aromatic heterocycles. The molecule has 0 saturated carbocycles. The highest BCUT2D eigenvalue weighted by atomic mass is 35.5. The summed E-state index contributed by atoms with van der Waals surface area (Å²) < 4.78 is 0. The zero-order valence-electron chi connectivity index (χ0n) is 15.6. The van der Waals surface area contributed by atoms with E-state index in [1.807, 2.05) is 53.4 Å². The number of carbonyl (C=O) groups is 2. The van der Waals surface area contributed by atoms with Crippen LogP contribution in [0.2, 0.25) is 5.02 Å². The van der Waals surface area contributed by atoms with E-state index >= 15 is 0 Å². The highest BCUT2D eigenvalue weighted by Crippen LogP contribution is 2.37. The van der Waals surface area contributed by atoms with Crippen molar-refractivity contribution in [1.82, 2.24) is 9.96 Å². The van der Waals surface area contributed by atoms with Crippen LogP contribution >= 0.6 is 11.6 Å². The smallest absolute Gasteiger partial charge is 0.249 e. The van der Waals surface area contributed by atoms with E-state index in [2.05, 4.69) is 0 Å². The van der Waals surface area contributed by atoms with Crippen molar-refractivity contribution in [3.05, 3.63) is 70.7 Å². The SMILES string of the molecule is O=C(Cc1ccccc1Cl)N1CCC2(CC1)CC(=O)N(Cc1ccccc1)O2. The molecule has 0 radical (unpaired) electrons. The number of nitrogens with zero attached hydrogens (tertiary/aromatic N) is 2. The average molecular weight is 399 g/mol. The van der Waals surface area contributed by atoms with Gasteiger partial charge in [0.1, 0.15) is 5.60 Å². The Balaban J connectivity index is 1.34. The maximum absolute atomic E-state index is 12.6. The maximum Gasteiger partial charge on any atom is 0.249 e. The highest BCUT2D eigenvalue weighted by molar-refractivity contribution is 6.31. The van der Waals surface area contributed by atoms with Crippen LogP contribution in [0.3, 0.4) is 0 Å². The second-order valence-electron chi connectivity index (χ2n) is 7.52. The van der Waals surface area contributed by atoms with Crippen molar-refractivity contribution in [3.8, 4) is 0 Å². The predicted octanol–water partition coefficient (Wildman–Crippen LogP) is 3.61. The Kier molecular flexibility index (Phi) is 5.38. The van der Waals surface area contributed by atoms with Crippen LogP contribution in [0.15, 0.2) is 54.6 Å². The summed E-state index contributed by atoms with van der Waals surface area (Å²) in [4.78, 5) is 33.0. The summed E-state index contributed by atoms with van der Waals surface area (Å²) in [5.74, 6) is 0.0770. The Bertz CT molecular complexity index is 863. The fourth-order valence-electron chi connectivity index (χ4n) is 3.90. The molecule has 2 aliphatic rings. The second kappa shape index (κ2) is 7.94. The number of hydrogen-bond acceptors (Lipinski definition) is 3. The number of benzene rings is 2. The first kappa shape index (κ1) is 19.0. The van der Waals surface area contributed by atoms with Crippen molar-refractivity contribution in [1.29, 1.82) is 0 Å². The van der Waals surface area contributed by atoms with Crippen molar-refractivity contribution in [2.24, 2.45) is 0 Å². The van der Waals surface area contributed by atoms with Gasteiger partial charge in [-0.2, -0.15) is 0 Å². The minimum atomic E-state index is -0.479. The van der Waals surface area contributed by atoms with E-state index < -0.39 is 5.60 Å². The number of rotatable bonds is 4. The number of likely N-dealkylation sites (tertiary alicyclic amines) is 1. The zero-order valence-corrected chi connectivity index (χ0v) is 16.4. The van der Waals surface area contributed by atoms with Gasteiger partial charge in [-0.3, -0.25) is 14.4 Å². The van der Waals surface area contributed by atoms with Gasteiger partial charge in [0.05, 0.1) is 19.4 Å². The Morgan fingerprint density at radius 1 is 1.04 bits per heavy atom. The van der Waals surface area contributed by atoms with Gasteiger partial charge in [-0.15, -0.1) is 0 Å². The molecule has 0 unspecified atom stereocenters. The third-order valence-corrected chi connectivity index (χ3v) is 5.92. The Morgan fingerprint density at radius 3 is 2.43 bits per heavy atom. The molecule has 4 rings (SSSR count). The first-order chi connectivity index (χ1) is 13.5. The van der Waals surface area contributed by atoms with E-state index in [0.717, 1.165) is 11.1 Å². The highest BCUT2D eigenvalue weighted by Gasteiger charge is 2.47. The third-order valence-electron chi connectivity index (χ3n) is 5.55. The molecule has 2 amide bonds. The summed E-state index contributed by atoms with van der Waals surface area (Å²) in [5.41, 5.74) is 1.41. The lowest BCUT2D eigenvalue weighted by Gasteiger charge is -2.38. The fraction of sp³-hybridized carbons (Fsp3) is 0.364. The van der Waals surface area contributed by atoms with Gasteiger partial charge in [0.2, 0.25) is 11.8 Å². The first-order valence-electron chi connectivity index (χ1n) is 9.59. The third kappa shape index (κ3) is 4.05. The van der Waals surface area contributed by atoms with E-state index in [1.54, 1.807) is 6.07 Å². The second-order valence-corrected chi connectivity index (χ2v) is 7.92. The molecule has 2 heterocycles. The number of halogens is 1. The van der Waals surface area contributed by atoms with Crippen LogP contribution in [0, 0.1) is 0 Å². The van der Waals surface area contributed by atoms with Crippen molar-refractivity contribution in [2.75, 3.05) is 13.1 Å². The number of hydrogen-bond donors (Lipinski definition) is 0. The molecule has 146 valence electrons. The molecule has 1 spiro atoms. The molecule has 2 saturated heterocycles. The summed E-state index contributed by atoms with van der Waals surface area (Å²) >= 11 is 6.17. The van der Waals surface area contributed by atoms with Crippen LogP contribution in [-0.2, 0) is 27.4 Å². The van der Waals surface area contributed by atoms with E-state index in [0.29, 0.717) is 50.3 Å². The van der Waals surface area contributed by atoms with Crippen LogP contribution in [0.25, 0.3) is 0 Å². The molecule has 2 aromatic rings. The summed E-state index contributed by atoms with van der Waals surface area (Å²) in [5, 5.41) is 2.10. The number of piperidine rings is 1. The first-order valence-corrected chi connectivity index (χ1v) is 9.97. The lowest BCUT2D eigenvalue weighted by Crippen LogP contribution is -2.47. The number of amides is 2. The standard InChI is InChI=1S/C22H23ClN2O3/c23-19-9-5-4-8-18(19)14-20(26)24-12-10-22(11-13-24)15-21(27)25(28-22)16-17-6-2-1-3-7-17/h1-9H,10-16H2. The summed E-state index contributed by atoms with van der Waals surface area (Å²) in [6, 6.07) is 17.3. The summed E-state index contributed by atoms with van der Waals surface area (Å²) in [6.07, 6.45) is 2.01. The molecule has 0 N–H and O–H groups in total. The molecule has 0 bridgehead atoms. The fourth-order valence-corrected chi connectivity index (χ4v) is 4.10. The van der Waals surface area contributed by atoms with Gasteiger partial charge in [-0.05, 0) is 30.0 Å². The van der Waals surface area contributed by atoms with Gasteiger partial charge in [0.25, 0.3) is 0 Å². The van der Waals surface area contributed by atoms with Crippen LogP contribution in [-0.4, -0.2) is 40.5 Å². The van der Waals surface area contributed by atoms with E-state index in [1.165, 1.54) is 5.06 Å². The topological polar surface area (TPSA) is 49.9 Å². The summed E-state index contributed by atoms with van der Waals surface area (Å²) in [7, 11) is 0. The van der Waals surface area contributed by atoms with E-state index in [9.17, 15) is 9.59 Å². The minimum Gasteiger partial charge on any atom is -0.342 e. The Morgan fingerprint density at radius 2 is 1.71 bits per heavy atom. The molecule has 2 aliphatic heterocycles. The van der Waals surface area contributed by atoms with Crippen molar-refractivity contribution in [3.63, 3.8) is 0 Å². The lowest BCUT2D eigenvalue weighted by molar-refractivity contribution is -0.214. The molecular formula is C22H23ClN2O3. The zero-order chi connectivity index (χ0) is 19.6. The van der Waals surface area contributed by atoms with Crippen molar-refractivity contribution >= 4 is 23.4 Å². The molecule has 28 heavy (non-hydrogen) atoms. The van der Waals surface area contributed by atoms with Gasteiger partial charge in [-0.1, -0.05) is 60.1 Å². The monoisotopic (exact) mass is 398 g/mol. The largest absolute Gasteiger partial charge is 0.342 e. The van der Waals surface area contributed by atoms with E-state index in [-0.39, 0.29) is 11.8 Å². The molecule has 0 aliphatic carbocycles. The molecule has 6 heteroatoms. The summed E-state index contributed by atoms with van der Waals surface area (Å²) in [6.45, 7) is 1.64. The minimum absolute atomic E-state index is 0.0136. The molecule has 2 aromatic carbocycles. The van der Waals surface area contributed by atoms with Gasteiger partial charge in [0, 0.05) is 18.1 Å². The van der Waals surface area contributed by atoms with Crippen LogP contribution < -0.4 is 0 Å². The van der Waals surface area contributed by atoms with Crippen LogP contribution in [0.5, 0.6) is 0 Å². The van der Waals surface area contributed by atoms with Crippen LogP contribution in [0.4, 0.5) is 0 Å². The van der Waals surface area contributed by atoms with Crippen molar-refractivity contribution < 1.29 is 14.4 Å². The maximum atomic E-state index is 12.6. The van der Waals surface area contributed by atoms with E-state index in [4.69, 9.17) is 16.4 Å². The molecule has 5 nitrogen and oxygen atoms in total. The number of hydroxylamine groups is 2. The van der Waals surface area contributed by atoms with Gasteiger partial charge >= 0.3 is 0 Å². The van der Waals surface area contributed by atoms with Gasteiger partial charge in [-0.25, -0.2) is 5.06 Å². The molecule has 2 fully saturated rings. The molecular weight excluding hydrogens is 376 g/mol. The lowest BCUT2D eigenvalue weighted by atomic mass is 9.88.